The Hall–Kier alpha value is -2.48. The van der Waals surface area contributed by atoms with Crippen LogP contribution in [0, 0.1) is 23.7 Å². The van der Waals surface area contributed by atoms with E-state index in [1.807, 2.05) is 12.2 Å². The van der Waals surface area contributed by atoms with Gasteiger partial charge in [-0.3, -0.25) is 19.3 Å². The number of halogens is 1. The average molecular weight is 447 g/mol. The summed E-state index contributed by atoms with van der Waals surface area (Å²) < 4.78 is 5.91. The van der Waals surface area contributed by atoms with Crippen LogP contribution < -0.4 is 5.32 Å². The second-order valence-electron chi connectivity index (χ2n) is 7.39. The third kappa shape index (κ3) is 3.15. The highest BCUT2D eigenvalue weighted by Crippen LogP contribution is 2.52. The summed E-state index contributed by atoms with van der Waals surface area (Å²) in [7, 11) is 0. The Bertz CT molecular complexity index is 851. The second-order valence-corrected chi connectivity index (χ2v) is 8.30. The molecule has 1 N–H and O–H groups in total. The largest absolute Gasteiger partial charge is 0.454 e. The standard InChI is InChI=1S/C20H19BrN2O5/c1-10(20(27)28-9-15(24)22-14-6-4-13(21)5-7-14)23-18(25)16-11-2-3-12(8-11)17(16)19(23)26/h2-7,10-12,16-17H,8-9H2,1H3,(H,22,24)/t10-,11+,12+,16-,17+/m1/s1. The van der Waals surface area contributed by atoms with Crippen LogP contribution in [0.5, 0.6) is 0 Å². The van der Waals surface area contributed by atoms with Gasteiger partial charge in [0.1, 0.15) is 6.04 Å². The van der Waals surface area contributed by atoms with Crippen LogP contribution in [-0.2, 0) is 23.9 Å². The molecule has 3 amide bonds. The van der Waals surface area contributed by atoms with Gasteiger partial charge in [-0.25, -0.2) is 4.79 Å². The number of carbonyl (C=O) groups is 4. The number of allylic oxidation sites excluding steroid dienone is 2. The number of rotatable bonds is 5. The van der Waals surface area contributed by atoms with Crippen molar-refractivity contribution >= 4 is 45.3 Å². The summed E-state index contributed by atoms with van der Waals surface area (Å²) in [6.45, 7) is 0.969. The van der Waals surface area contributed by atoms with Crippen LogP contribution in [0.1, 0.15) is 13.3 Å². The zero-order valence-corrected chi connectivity index (χ0v) is 16.7. The maximum Gasteiger partial charge on any atom is 0.329 e. The van der Waals surface area contributed by atoms with Crippen molar-refractivity contribution in [3.63, 3.8) is 0 Å². The monoisotopic (exact) mass is 446 g/mol. The number of hydrogen-bond acceptors (Lipinski definition) is 5. The van der Waals surface area contributed by atoms with Crippen LogP contribution in [-0.4, -0.2) is 41.2 Å². The third-order valence-electron chi connectivity index (χ3n) is 5.71. The highest BCUT2D eigenvalue weighted by atomic mass is 79.9. The predicted molar refractivity (Wildman–Crippen MR) is 103 cm³/mol. The Morgan fingerprint density at radius 3 is 2.29 bits per heavy atom. The van der Waals surface area contributed by atoms with E-state index in [1.54, 1.807) is 24.3 Å². The number of imide groups is 1. The van der Waals surface area contributed by atoms with Gasteiger partial charge < -0.3 is 10.1 Å². The molecule has 2 bridgehead atoms. The number of nitrogens with one attached hydrogen (secondary N) is 1. The van der Waals surface area contributed by atoms with Gasteiger partial charge in [0.25, 0.3) is 5.91 Å². The summed E-state index contributed by atoms with van der Waals surface area (Å²) in [5, 5.41) is 2.61. The third-order valence-corrected chi connectivity index (χ3v) is 6.24. The number of anilines is 1. The number of benzene rings is 1. The Labute approximate surface area is 170 Å². The Morgan fingerprint density at radius 2 is 1.71 bits per heavy atom. The fourth-order valence-electron chi connectivity index (χ4n) is 4.40. The van der Waals surface area contributed by atoms with E-state index in [0.717, 1.165) is 15.8 Å². The van der Waals surface area contributed by atoms with E-state index in [0.29, 0.717) is 5.69 Å². The molecule has 7 nitrogen and oxygen atoms in total. The first kappa shape index (κ1) is 18.9. The summed E-state index contributed by atoms with van der Waals surface area (Å²) >= 11 is 3.30. The number of ether oxygens (including phenoxy) is 1. The minimum Gasteiger partial charge on any atom is -0.454 e. The Kier molecular flexibility index (Phi) is 4.82. The molecule has 1 aliphatic heterocycles. The van der Waals surface area contributed by atoms with Gasteiger partial charge in [0.2, 0.25) is 11.8 Å². The first-order chi connectivity index (χ1) is 13.4. The van der Waals surface area contributed by atoms with Crippen LogP contribution >= 0.6 is 15.9 Å². The van der Waals surface area contributed by atoms with Gasteiger partial charge in [-0.1, -0.05) is 28.1 Å². The molecular formula is C20H19BrN2O5. The molecular weight excluding hydrogens is 428 g/mol. The van der Waals surface area contributed by atoms with Crippen molar-refractivity contribution in [2.24, 2.45) is 23.7 Å². The molecule has 1 heterocycles. The van der Waals surface area contributed by atoms with E-state index in [1.165, 1.54) is 6.92 Å². The van der Waals surface area contributed by atoms with Crippen LogP contribution in [0.25, 0.3) is 0 Å². The number of hydrogen-bond donors (Lipinski definition) is 1. The lowest BCUT2D eigenvalue weighted by Gasteiger charge is -2.23. The van der Waals surface area contributed by atoms with Crippen molar-refractivity contribution < 1.29 is 23.9 Å². The fraction of sp³-hybridized carbons (Fsp3) is 0.400. The highest BCUT2D eigenvalue weighted by molar-refractivity contribution is 9.10. The summed E-state index contributed by atoms with van der Waals surface area (Å²) in [6.07, 6.45) is 4.82. The van der Waals surface area contributed by atoms with Crippen molar-refractivity contribution in [3.8, 4) is 0 Å². The highest BCUT2D eigenvalue weighted by Gasteiger charge is 2.60. The lowest BCUT2D eigenvalue weighted by atomic mass is 9.85. The SMILES string of the molecule is C[C@H](C(=O)OCC(=O)Nc1ccc(Br)cc1)N1C(=O)[C@@H]2[C@H](C1=O)[C@H]1C=C[C@H]2C1. The van der Waals surface area contributed by atoms with Crippen LogP contribution in [0.4, 0.5) is 5.69 Å². The van der Waals surface area contributed by atoms with Gasteiger partial charge in [-0.05, 0) is 49.4 Å². The van der Waals surface area contributed by atoms with Crippen molar-refractivity contribution in [1.29, 1.82) is 0 Å². The number of esters is 1. The number of nitrogens with zero attached hydrogens (tertiary/aromatic N) is 1. The molecule has 28 heavy (non-hydrogen) atoms. The van der Waals surface area contributed by atoms with Crippen LogP contribution in [0.15, 0.2) is 40.9 Å². The molecule has 1 saturated carbocycles. The molecule has 5 atom stereocenters. The summed E-state index contributed by atoms with van der Waals surface area (Å²) in [5.74, 6) is -2.45. The van der Waals surface area contributed by atoms with Gasteiger partial charge in [-0.2, -0.15) is 0 Å². The van der Waals surface area contributed by atoms with E-state index >= 15 is 0 Å². The molecule has 0 radical (unpaired) electrons. The molecule has 4 rings (SSSR count). The normalized spacial score (nSPS) is 28.4. The minimum atomic E-state index is -1.05. The first-order valence-electron chi connectivity index (χ1n) is 9.14. The maximum atomic E-state index is 12.7. The summed E-state index contributed by atoms with van der Waals surface area (Å²) in [4.78, 5) is 50.8. The zero-order valence-electron chi connectivity index (χ0n) is 15.1. The van der Waals surface area contributed by atoms with Gasteiger partial charge in [-0.15, -0.1) is 0 Å². The molecule has 1 aromatic carbocycles. The topological polar surface area (TPSA) is 92.8 Å². The van der Waals surface area contributed by atoms with Gasteiger partial charge in [0.15, 0.2) is 6.61 Å². The van der Waals surface area contributed by atoms with Crippen molar-refractivity contribution in [2.45, 2.75) is 19.4 Å². The number of likely N-dealkylation sites (tertiary alicyclic amines) is 1. The zero-order chi connectivity index (χ0) is 20.0. The van der Waals surface area contributed by atoms with Crippen molar-refractivity contribution in [3.05, 3.63) is 40.9 Å². The van der Waals surface area contributed by atoms with Crippen LogP contribution in [0.2, 0.25) is 0 Å². The maximum absolute atomic E-state index is 12.7. The van der Waals surface area contributed by atoms with Gasteiger partial charge >= 0.3 is 5.97 Å². The molecule has 0 aromatic heterocycles. The van der Waals surface area contributed by atoms with E-state index in [2.05, 4.69) is 21.2 Å². The van der Waals surface area contributed by atoms with Gasteiger partial charge in [0, 0.05) is 10.2 Å². The molecule has 3 aliphatic rings. The van der Waals surface area contributed by atoms with Gasteiger partial charge in [0.05, 0.1) is 11.8 Å². The predicted octanol–water partition coefficient (Wildman–Crippen LogP) is 2.13. The fourth-order valence-corrected chi connectivity index (χ4v) is 4.66. The lowest BCUT2D eigenvalue weighted by molar-refractivity contribution is -0.159. The van der Waals surface area contributed by atoms with E-state index in [4.69, 9.17) is 4.74 Å². The molecule has 2 fully saturated rings. The number of amides is 3. The Morgan fingerprint density at radius 1 is 1.14 bits per heavy atom. The second kappa shape index (κ2) is 7.16. The Balaban J connectivity index is 1.34. The average Bonchev–Trinajstić information content (AvgIpc) is 3.35. The quantitative estimate of drug-likeness (QED) is 0.424. The minimum absolute atomic E-state index is 0.0800. The molecule has 0 unspecified atom stereocenters. The van der Waals surface area contributed by atoms with E-state index < -0.39 is 24.5 Å². The number of fused-ring (bicyclic) bond motifs is 5. The number of carbonyl (C=O) groups excluding carboxylic acids is 4. The molecule has 146 valence electrons. The van der Waals surface area contributed by atoms with E-state index in [9.17, 15) is 19.2 Å². The smallest absolute Gasteiger partial charge is 0.329 e. The van der Waals surface area contributed by atoms with Crippen molar-refractivity contribution in [2.75, 3.05) is 11.9 Å². The molecule has 2 aliphatic carbocycles. The first-order valence-corrected chi connectivity index (χ1v) is 9.93. The lowest BCUT2D eigenvalue weighted by Crippen LogP contribution is -2.45. The molecule has 8 heteroatoms. The van der Waals surface area contributed by atoms with Crippen LogP contribution in [0.3, 0.4) is 0 Å². The van der Waals surface area contributed by atoms with Crippen molar-refractivity contribution in [1.82, 2.24) is 4.90 Å². The molecule has 0 spiro atoms. The van der Waals surface area contributed by atoms with E-state index in [-0.39, 0.29) is 35.5 Å². The molecule has 1 saturated heterocycles. The summed E-state index contributed by atoms with van der Waals surface area (Å²) in [6, 6.07) is 5.90. The molecule has 1 aromatic rings. The summed E-state index contributed by atoms with van der Waals surface area (Å²) in [5.41, 5.74) is 0.568.